The fourth-order valence-corrected chi connectivity index (χ4v) is 1.63. The average molecular weight is 266 g/mol. The molecule has 0 aliphatic rings. The zero-order valence-electron chi connectivity index (χ0n) is 10.4. The summed E-state index contributed by atoms with van der Waals surface area (Å²) in [6.45, 7) is 0.451. The number of nitrogens with zero attached hydrogens (tertiary/aromatic N) is 4. The minimum Gasteiger partial charge on any atom is -0.461 e. The lowest BCUT2D eigenvalue weighted by atomic mass is 10.3. The minimum atomic E-state index is 0.451. The molecule has 0 unspecified atom stereocenters. The summed E-state index contributed by atoms with van der Waals surface area (Å²) >= 11 is 0. The molecule has 0 aliphatic heterocycles. The Kier molecular flexibility index (Phi) is 3.12. The number of aromatic nitrogens is 4. The SMILES string of the molecule is N#Cc1ccc(NCc2nc(-c3ccco3)n[nH]2)nc1. The summed E-state index contributed by atoms with van der Waals surface area (Å²) in [6, 6.07) is 9.03. The molecule has 0 saturated carbocycles. The molecule has 3 aromatic rings. The molecule has 20 heavy (non-hydrogen) atoms. The highest BCUT2D eigenvalue weighted by Crippen LogP contribution is 2.14. The molecule has 7 heteroatoms. The first kappa shape index (κ1) is 11.9. The molecule has 0 amide bonds. The largest absolute Gasteiger partial charge is 0.461 e. The molecule has 0 radical (unpaired) electrons. The molecular formula is C13H10N6O. The summed E-state index contributed by atoms with van der Waals surface area (Å²) < 4.78 is 5.21. The summed E-state index contributed by atoms with van der Waals surface area (Å²) in [6.07, 6.45) is 3.08. The smallest absolute Gasteiger partial charge is 0.216 e. The molecule has 0 bridgehead atoms. The molecule has 3 rings (SSSR count). The molecule has 0 aliphatic carbocycles. The monoisotopic (exact) mass is 266 g/mol. The van der Waals surface area contributed by atoms with Crippen molar-refractivity contribution in [2.75, 3.05) is 5.32 Å². The molecule has 98 valence electrons. The second-order valence-corrected chi connectivity index (χ2v) is 3.98. The van der Waals surface area contributed by atoms with Crippen molar-refractivity contribution in [3.05, 3.63) is 48.1 Å². The van der Waals surface area contributed by atoms with Gasteiger partial charge in [0.2, 0.25) is 5.82 Å². The topological polar surface area (TPSA) is 103 Å². The van der Waals surface area contributed by atoms with Gasteiger partial charge in [0, 0.05) is 6.20 Å². The third-order valence-electron chi connectivity index (χ3n) is 2.60. The van der Waals surface area contributed by atoms with E-state index in [1.54, 1.807) is 30.5 Å². The molecule has 0 aromatic carbocycles. The van der Waals surface area contributed by atoms with Crippen molar-refractivity contribution < 1.29 is 4.42 Å². The van der Waals surface area contributed by atoms with Crippen molar-refractivity contribution in [3.8, 4) is 17.7 Å². The van der Waals surface area contributed by atoms with Crippen molar-refractivity contribution in [1.82, 2.24) is 20.2 Å². The summed E-state index contributed by atoms with van der Waals surface area (Å²) in [5.74, 6) is 2.46. The van der Waals surface area contributed by atoms with E-state index in [4.69, 9.17) is 9.68 Å². The van der Waals surface area contributed by atoms with Crippen LogP contribution in [0.25, 0.3) is 11.6 Å². The predicted molar refractivity (Wildman–Crippen MR) is 70.4 cm³/mol. The fraction of sp³-hybridized carbons (Fsp3) is 0.0769. The van der Waals surface area contributed by atoms with Crippen molar-refractivity contribution in [2.24, 2.45) is 0 Å². The van der Waals surface area contributed by atoms with Crippen LogP contribution < -0.4 is 5.32 Å². The average Bonchev–Trinajstić information content (AvgIpc) is 3.16. The Morgan fingerprint density at radius 2 is 2.30 bits per heavy atom. The van der Waals surface area contributed by atoms with Crippen LogP contribution in [0.15, 0.2) is 41.1 Å². The zero-order valence-corrected chi connectivity index (χ0v) is 10.4. The molecule has 0 spiro atoms. The summed E-state index contributed by atoms with van der Waals surface area (Å²) in [5.41, 5.74) is 0.523. The number of hydrogen-bond acceptors (Lipinski definition) is 6. The number of pyridine rings is 1. The third kappa shape index (κ3) is 2.49. The van der Waals surface area contributed by atoms with Crippen LogP contribution in [0.1, 0.15) is 11.4 Å². The van der Waals surface area contributed by atoms with E-state index < -0.39 is 0 Å². The van der Waals surface area contributed by atoms with Crippen LogP contribution in [0.5, 0.6) is 0 Å². The zero-order chi connectivity index (χ0) is 13.8. The Balaban J connectivity index is 1.65. The van der Waals surface area contributed by atoms with Crippen molar-refractivity contribution in [2.45, 2.75) is 6.54 Å². The van der Waals surface area contributed by atoms with Gasteiger partial charge in [0.05, 0.1) is 18.4 Å². The van der Waals surface area contributed by atoms with Gasteiger partial charge in [0.1, 0.15) is 17.7 Å². The molecule has 3 heterocycles. The van der Waals surface area contributed by atoms with E-state index >= 15 is 0 Å². The van der Waals surface area contributed by atoms with Crippen LogP contribution in [0.4, 0.5) is 5.82 Å². The Morgan fingerprint density at radius 3 is 3.00 bits per heavy atom. The Labute approximate surface area is 114 Å². The summed E-state index contributed by atoms with van der Waals surface area (Å²) in [5, 5.41) is 18.7. The van der Waals surface area contributed by atoms with E-state index in [0.29, 0.717) is 35.3 Å². The Morgan fingerprint density at radius 1 is 1.35 bits per heavy atom. The number of hydrogen-bond donors (Lipinski definition) is 2. The molecule has 0 atom stereocenters. The number of rotatable bonds is 4. The molecular weight excluding hydrogens is 256 g/mol. The van der Waals surface area contributed by atoms with Gasteiger partial charge in [-0.2, -0.15) is 5.26 Å². The van der Waals surface area contributed by atoms with Gasteiger partial charge in [-0.25, -0.2) is 9.97 Å². The highest BCUT2D eigenvalue weighted by Gasteiger charge is 2.07. The number of nitrogens with one attached hydrogen (secondary N) is 2. The van der Waals surface area contributed by atoms with Gasteiger partial charge in [-0.3, -0.25) is 5.10 Å². The first-order chi connectivity index (χ1) is 9.85. The van der Waals surface area contributed by atoms with Gasteiger partial charge in [-0.05, 0) is 24.3 Å². The summed E-state index contributed by atoms with van der Waals surface area (Å²) in [7, 11) is 0. The lowest BCUT2D eigenvalue weighted by Gasteiger charge is -2.01. The van der Waals surface area contributed by atoms with E-state index in [0.717, 1.165) is 0 Å². The van der Waals surface area contributed by atoms with Crippen LogP contribution >= 0.6 is 0 Å². The second kappa shape index (κ2) is 5.24. The van der Waals surface area contributed by atoms with Crippen LogP contribution in [-0.4, -0.2) is 20.2 Å². The van der Waals surface area contributed by atoms with E-state index in [-0.39, 0.29) is 0 Å². The lowest BCUT2D eigenvalue weighted by Crippen LogP contribution is -2.02. The Bertz CT molecular complexity index is 723. The van der Waals surface area contributed by atoms with Gasteiger partial charge in [0.25, 0.3) is 0 Å². The van der Waals surface area contributed by atoms with Gasteiger partial charge in [-0.1, -0.05) is 0 Å². The summed E-state index contributed by atoms with van der Waals surface area (Å²) in [4.78, 5) is 8.41. The molecule has 3 aromatic heterocycles. The second-order valence-electron chi connectivity index (χ2n) is 3.98. The van der Waals surface area contributed by atoms with Crippen LogP contribution in [0, 0.1) is 11.3 Å². The fourth-order valence-electron chi connectivity index (χ4n) is 1.63. The van der Waals surface area contributed by atoms with E-state index in [1.807, 2.05) is 6.07 Å². The highest BCUT2D eigenvalue weighted by molar-refractivity contribution is 5.45. The van der Waals surface area contributed by atoms with Gasteiger partial charge in [0.15, 0.2) is 5.76 Å². The van der Waals surface area contributed by atoms with E-state index in [9.17, 15) is 0 Å². The van der Waals surface area contributed by atoms with Crippen LogP contribution in [0.3, 0.4) is 0 Å². The maximum Gasteiger partial charge on any atom is 0.216 e. The predicted octanol–water partition coefficient (Wildman–Crippen LogP) is 1.94. The number of aromatic amines is 1. The van der Waals surface area contributed by atoms with Gasteiger partial charge in [-0.15, -0.1) is 5.10 Å². The molecule has 7 nitrogen and oxygen atoms in total. The van der Waals surface area contributed by atoms with E-state index in [2.05, 4.69) is 25.5 Å². The molecule has 0 fully saturated rings. The standard InChI is InChI=1S/C13H10N6O/c14-6-9-3-4-11(15-7-9)16-8-12-17-13(19-18-12)10-2-1-5-20-10/h1-5,7H,8H2,(H,15,16)(H,17,18,19). The van der Waals surface area contributed by atoms with Crippen molar-refractivity contribution >= 4 is 5.82 Å². The number of nitriles is 1. The quantitative estimate of drug-likeness (QED) is 0.748. The highest BCUT2D eigenvalue weighted by atomic mass is 16.3. The third-order valence-corrected chi connectivity index (χ3v) is 2.60. The Hall–Kier alpha value is -3.14. The van der Waals surface area contributed by atoms with Crippen molar-refractivity contribution in [1.29, 1.82) is 5.26 Å². The van der Waals surface area contributed by atoms with Crippen LogP contribution in [0.2, 0.25) is 0 Å². The first-order valence-electron chi connectivity index (χ1n) is 5.90. The van der Waals surface area contributed by atoms with Crippen molar-refractivity contribution in [3.63, 3.8) is 0 Å². The minimum absolute atomic E-state index is 0.451. The number of furan rings is 1. The lowest BCUT2D eigenvalue weighted by molar-refractivity contribution is 0.577. The van der Waals surface area contributed by atoms with Gasteiger partial charge < -0.3 is 9.73 Å². The molecule has 0 saturated heterocycles. The maximum atomic E-state index is 8.69. The normalized spacial score (nSPS) is 10.2. The number of anilines is 1. The van der Waals surface area contributed by atoms with E-state index in [1.165, 1.54) is 6.20 Å². The maximum absolute atomic E-state index is 8.69. The number of H-pyrrole nitrogens is 1. The van der Waals surface area contributed by atoms with Crippen LogP contribution in [-0.2, 0) is 6.54 Å². The molecule has 2 N–H and O–H groups in total. The first-order valence-corrected chi connectivity index (χ1v) is 5.90. The van der Waals surface area contributed by atoms with Gasteiger partial charge >= 0.3 is 0 Å².